The summed E-state index contributed by atoms with van der Waals surface area (Å²) in [6.45, 7) is 6.50. The summed E-state index contributed by atoms with van der Waals surface area (Å²) in [6, 6.07) is 0. The first-order valence-corrected chi connectivity index (χ1v) is 8.50. The predicted octanol–water partition coefficient (Wildman–Crippen LogP) is 4.09. The van der Waals surface area contributed by atoms with Crippen LogP contribution in [0.3, 0.4) is 0 Å². The zero-order valence-electron chi connectivity index (χ0n) is 15.0. The lowest BCUT2D eigenvalue weighted by atomic mass is 9.95. The Hall–Kier alpha value is -2.06. The molecule has 0 bridgehead atoms. The van der Waals surface area contributed by atoms with Gasteiger partial charge in [0.05, 0.1) is 0 Å². The molecule has 2 rings (SSSR count). The van der Waals surface area contributed by atoms with Crippen LogP contribution in [0.15, 0.2) is 0 Å². The van der Waals surface area contributed by atoms with Gasteiger partial charge in [-0.1, -0.05) is 0 Å². The van der Waals surface area contributed by atoms with E-state index in [0.717, 1.165) is 12.8 Å². The molecule has 1 fully saturated rings. The monoisotopic (exact) mass is 377 g/mol. The number of halogens is 4. The lowest BCUT2D eigenvalue weighted by Gasteiger charge is -2.34. The van der Waals surface area contributed by atoms with Crippen LogP contribution in [0.25, 0.3) is 0 Å². The minimum absolute atomic E-state index is 0.0893. The van der Waals surface area contributed by atoms with Gasteiger partial charge in [-0.3, -0.25) is 0 Å². The third-order valence-corrected chi connectivity index (χ3v) is 4.02. The molecule has 0 aromatic carbocycles. The van der Waals surface area contributed by atoms with Crippen LogP contribution in [0.5, 0.6) is 0 Å². The molecule has 1 N–H and O–H groups in total. The second-order valence-corrected chi connectivity index (χ2v) is 7.35. The number of hydrogen-bond acceptors (Lipinski definition) is 4. The zero-order chi connectivity index (χ0) is 19.5. The van der Waals surface area contributed by atoms with Crippen LogP contribution in [-0.4, -0.2) is 41.2 Å². The maximum absolute atomic E-state index is 13.6. The summed E-state index contributed by atoms with van der Waals surface area (Å²) in [5, 5.41) is 2.39. The highest BCUT2D eigenvalue weighted by Gasteiger charge is 2.28. The Morgan fingerprint density at radius 1 is 1.23 bits per heavy atom. The van der Waals surface area contributed by atoms with Crippen molar-refractivity contribution in [3.63, 3.8) is 0 Å². The van der Waals surface area contributed by atoms with Gasteiger partial charge < -0.3 is 15.0 Å². The van der Waals surface area contributed by atoms with E-state index in [0.29, 0.717) is 19.5 Å². The number of carbonyl (C=O) groups excluding carboxylic acids is 1. The molecule has 0 saturated carbocycles. The van der Waals surface area contributed by atoms with Crippen LogP contribution in [0, 0.1) is 29.4 Å². The first-order valence-electron chi connectivity index (χ1n) is 8.50. The van der Waals surface area contributed by atoms with E-state index in [1.807, 2.05) is 0 Å². The molecule has 0 radical (unpaired) electrons. The Morgan fingerprint density at radius 2 is 1.85 bits per heavy atom. The van der Waals surface area contributed by atoms with Crippen molar-refractivity contribution in [3.8, 4) is 0 Å². The first kappa shape index (κ1) is 20.3. The van der Waals surface area contributed by atoms with Crippen molar-refractivity contribution in [2.24, 2.45) is 5.92 Å². The second kappa shape index (κ2) is 8.09. The van der Waals surface area contributed by atoms with Crippen molar-refractivity contribution in [2.75, 3.05) is 25.0 Å². The number of ether oxygens (including phenoxy) is 1. The summed E-state index contributed by atoms with van der Waals surface area (Å²) in [4.78, 5) is 16.2. The van der Waals surface area contributed by atoms with Gasteiger partial charge in [-0.15, -0.1) is 0 Å². The fourth-order valence-corrected chi connectivity index (χ4v) is 2.84. The summed E-state index contributed by atoms with van der Waals surface area (Å²) < 4.78 is 58.6. The molecule has 0 aliphatic carbocycles. The topological polar surface area (TPSA) is 54.5 Å². The average Bonchev–Trinajstić information content (AvgIpc) is 2.55. The maximum atomic E-state index is 13.6. The number of likely N-dealkylation sites (tertiary alicyclic amines) is 1. The largest absolute Gasteiger partial charge is 0.444 e. The molecule has 1 aromatic heterocycles. The number of rotatable bonds is 4. The fourth-order valence-electron chi connectivity index (χ4n) is 2.84. The second-order valence-electron chi connectivity index (χ2n) is 7.35. The first-order chi connectivity index (χ1) is 12.1. The normalized spacial score (nSPS) is 18.0. The molecule has 1 aliphatic heterocycles. The molecular formula is C17H23F4N3O2. The number of hydrogen-bond donors (Lipinski definition) is 1. The molecule has 2 heterocycles. The molecular weight excluding hydrogens is 354 g/mol. The molecule has 1 saturated heterocycles. The quantitative estimate of drug-likeness (QED) is 0.634. The van der Waals surface area contributed by atoms with Gasteiger partial charge in [-0.2, -0.15) is 22.5 Å². The van der Waals surface area contributed by atoms with E-state index in [-0.39, 0.29) is 12.5 Å². The molecule has 1 aliphatic rings. The molecule has 1 aromatic rings. The fraction of sp³-hybridized carbons (Fsp3) is 0.647. The highest BCUT2D eigenvalue weighted by molar-refractivity contribution is 5.68. The summed E-state index contributed by atoms with van der Waals surface area (Å²) in [5.74, 6) is -6.40. The Balaban J connectivity index is 1.90. The Labute approximate surface area is 149 Å². The number of anilines is 1. The Morgan fingerprint density at radius 3 is 2.42 bits per heavy atom. The molecule has 5 nitrogen and oxygen atoms in total. The molecule has 1 unspecified atom stereocenters. The number of amides is 1. The van der Waals surface area contributed by atoms with Crippen LogP contribution in [-0.2, 0) is 4.74 Å². The number of piperidine rings is 1. The molecule has 146 valence electrons. The summed E-state index contributed by atoms with van der Waals surface area (Å²) in [6.07, 6.45) is 1.70. The number of carbonyl (C=O) groups is 1. The van der Waals surface area contributed by atoms with Crippen molar-refractivity contribution in [1.29, 1.82) is 0 Å². The Kier molecular flexibility index (Phi) is 6.30. The molecule has 9 heteroatoms. The van der Waals surface area contributed by atoms with Crippen LogP contribution < -0.4 is 5.32 Å². The van der Waals surface area contributed by atoms with Crippen LogP contribution >= 0.6 is 0 Å². The number of nitrogens with zero attached hydrogens (tertiary/aromatic N) is 2. The van der Waals surface area contributed by atoms with Gasteiger partial charge >= 0.3 is 6.09 Å². The van der Waals surface area contributed by atoms with E-state index in [1.165, 1.54) is 0 Å². The SMILES string of the molecule is CC(C)(C)OC(=O)N1CCCC(CCNc2c(F)c(F)nc(F)c2F)C1. The van der Waals surface area contributed by atoms with Gasteiger partial charge in [0, 0.05) is 19.6 Å². The predicted molar refractivity (Wildman–Crippen MR) is 87.7 cm³/mol. The van der Waals surface area contributed by atoms with E-state index in [1.54, 1.807) is 25.7 Å². The van der Waals surface area contributed by atoms with E-state index in [4.69, 9.17) is 4.74 Å². The van der Waals surface area contributed by atoms with Crippen LogP contribution in [0.2, 0.25) is 0 Å². The third-order valence-electron chi connectivity index (χ3n) is 4.02. The average molecular weight is 377 g/mol. The minimum Gasteiger partial charge on any atom is -0.444 e. The molecule has 26 heavy (non-hydrogen) atoms. The standard InChI is InChI=1S/C17H23F4N3O2/c1-17(2,3)26-16(25)24-8-4-5-10(9-24)6-7-22-13-11(18)14(20)23-15(21)12(13)19/h10H,4-9H2,1-3H3,(H,22,23). The number of pyridine rings is 1. The van der Waals surface area contributed by atoms with E-state index in [9.17, 15) is 22.4 Å². The lowest BCUT2D eigenvalue weighted by Crippen LogP contribution is -2.43. The number of aromatic nitrogens is 1. The summed E-state index contributed by atoms with van der Waals surface area (Å²) >= 11 is 0. The van der Waals surface area contributed by atoms with Crippen LogP contribution in [0.1, 0.15) is 40.0 Å². The van der Waals surface area contributed by atoms with Crippen LogP contribution in [0.4, 0.5) is 28.0 Å². The van der Waals surface area contributed by atoms with Gasteiger partial charge in [0.25, 0.3) is 11.9 Å². The summed E-state index contributed by atoms with van der Waals surface area (Å²) in [7, 11) is 0. The van der Waals surface area contributed by atoms with E-state index in [2.05, 4.69) is 10.3 Å². The van der Waals surface area contributed by atoms with E-state index >= 15 is 0 Å². The Bertz CT molecular complexity index is 638. The van der Waals surface area contributed by atoms with Crippen molar-refractivity contribution < 1.29 is 27.1 Å². The molecule has 1 atom stereocenters. The molecule has 1 amide bonds. The van der Waals surface area contributed by atoms with Gasteiger partial charge in [-0.25, -0.2) is 4.79 Å². The van der Waals surface area contributed by atoms with Gasteiger partial charge in [0.2, 0.25) is 11.6 Å². The van der Waals surface area contributed by atoms with E-state index < -0.39 is 40.9 Å². The minimum atomic E-state index is -1.69. The highest BCUT2D eigenvalue weighted by Crippen LogP contribution is 2.24. The smallest absolute Gasteiger partial charge is 0.410 e. The number of nitrogens with one attached hydrogen (secondary N) is 1. The highest BCUT2D eigenvalue weighted by atomic mass is 19.2. The molecule has 0 spiro atoms. The van der Waals surface area contributed by atoms with Crippen molar-refractivity contribution in [1.82, 2.24) is 9.88 Å². The third kappa shape index (κ3) is 5.22. The zero-order valence-corrected chi connectivity index (χ0v) is 15.0. The van der Waals surface area contributed by atoms with Gasteiger partial charge in [0.1, 0.15) is 11.3 Å². The van der Waals surface area contributed by atoms with Gasteiger partial charge in [0.15, 0.2) is 0 Å². The van der Waals surface area contributed by atoms with Crippen molar-refractivity contribution in [3.05, 3.63) is 23.5 Å². The van der Waals surface area contributed by atoms with Crippen molar-refractivity contribution in [2.45, 2.75) is 45.6 Å². The van der Waals surface area contributed by atoms with Crippen molar-refractivity contribution >= 4 is 11.8 Å². The summed E-state index contributed by atoms with van der Waals surface area (Å²) in [5.41, 5.74) is -1.45. The van der Waals surface area contributed by atoms with Gasteiger partial charge in [-0.05, 0) is 46.0 Å². The maximum Gasteiger partial charge on any atom is 0.410 e. The lowest BCUT2D eigenvalue weighted by molar-refractivity contribution is 0.0163.